The first-order chi connectivity index (χ1) is 9.67. The third-order valence-corrected chi connectivity index (χ3v) is 2.91. The Morgan fingerprint density at radius 3 is 2.05 bits per heavy atom. The van der Waals surface area contributed by atoms with Gasteiger partial charge in [-0.25, -0.2) is 0 Å². The molecule has 0 spiro atoms. The van der Waals surface area contributed by atoms with E-state index in [0.29, 0.717) is 6.54 Å². The van der Waals surface area contributed by atoms with Crippen LogP contribution < -0.4 is 10.6 Å². The number of anilines is 2. The number of carbonyl (C=O) groups is 1. The average Bonchev–Trinajstić information content (AvgIpc) is 2.46. The second-order valence-electron chi connectivity index (χ2n) is 4.59. The van der Waals surface area contributed by atoms with Crippen molar-refractivity contribution in [2.45, 2.75) is 20.1 Å². The van der Waals surface area contributed by atoms with E-state index in [1.165, 1.54) is 6.92 Å². The second kappa shape index (κ2) is 6.73. The minimum atomic E-state index is -0.0744. The molecule has 0 aromatic heterocycles. The van der Waals surface area contributed by atoms with Crippen molar-refractivity contribution in [3.8, 4) is 0 Å². The van der Waals surface area contributed by atoms with Crippen LogP contribution in [-0.2, 0) is 17.9 Å². The molecular formula is C16H18N2O2. The number of benzene rings is 2. The molecule has 0 saturated carbocycles. The van der Waals surface area contributed by atoms with Crippen LogP contribution in [0.15, 0.2) is 48.5 Å². The van der Waals surface area contributed by atoms with E-state index in [1.54, 1.807) is 0 Å². The van der Waals surface area contributed by atoms with E-state index in [1.807, 2.05) is 48.5 Å². The van der Waals surface area contributed by atoms with Crippen LogP contribution in [0.3, 0.4) is 0 Å². The molecule has 0 saturated heterocycles. The van der Waals surface area contributed by atoms with E-state index in [4.69, 9.17) is 5.11 Å². The van der Waals surface area contributed by atoms with Gasteiger partial charge in [-0.15, -0.1) is 0 Å². The summed E-state index contributed by atoms with van der Waals surface area (Å²) in [6.07, 6.45) is 0. The zero-order valence-corrected chi connectivity index (χ0v) is 11.4. The Balaban J connectivity index is 1.91. The lowest BCUT2D eigenvalue weighted by atomic mass is 10.1. The Bertz CT molecular complexity index is 562. The lowest BCUT2D eigenvalue weighted by Gasteiger charge is -2.08. The summed E-state index contributed by atoms with van der Waals surface area (Å²) in [5, 5.41) is 15.0. The topological polar surface area (TPSA) is 61.4 Å². The number of amides is 1. The van der Waals surface area contributed by atoms with Gasteiger partial charge in [0.25, 0.3) is 0 Å². The van der Waals surface area contributed by atoms with Crippen LogP contribution >= 0.6 is 0 Å². The molecule has 20 heavy (non-hydrogen) atoms. The molecule has 4 nitrogen and oxygen atoms in total. The van der Waals surface area contributed by atoms with Crippen molar-refractivity contribution >= 4 is 17.3 Å². The van der Waals surface area contributed by atoms with E-state index < -0.39 is 0 Å². The number of aliphatic hydroxyl groups is 1. The largest absolute Gasteiger partial charge is 0.392 e. The predicted molar refractivity (Wildman–Crippen MR) is 80.4 cm³/mol. The Morgan fingerprint density at radius 2 is 1.50 bits per heavy atom. The summed E-state index contributed by atoms with van der Waals surface area (Å²) in [6.45, 7) is 2.27. The minimum Gasteiger partial charge on any atom is -0.392 e. The van der Waals surface area contributed by atoms with Gasteiger partial charge in [0.05, 0.1) is 6.61 Å². The highest BCUT2D eigenvalue weighted by Gasteiger charge is 1.97. The Labute approximate surface area is 118 Å². The molecule has 0 fully saturated rings. The van der Waals surface area contributed by atoms with Gasteiger partial charge < -0.3 is 15.7 Å². The SMILES string of the molecule is CC(=O)Nc1ccc(NCc2ccc(CO)cc2)cc1. The van der Waals surface area contributed by atoms with E-state index in [9.17, 15) is 4.79 Å². The van der Waals surface area contributed by atoms with Gasteiger partial charge >= 0.3 is 0 Å². The first-order valence-electron chi connectivity index (χ1n) is 6.47. The molecule has 104 valence electrons. The highest BCUT2D eigenvalue weighted by atomic mass is 16.3. The van der Waals surface area contributed by atoms with E-state index in [2.05, 4.69) is 10.6 Å². The fourth-order valence-corrected chi connectivity index (χ4v) is 1.84. The molecule has 1 amide bonds. The summed E-state index contributed by atoms with van der Waals surface area (Å²) in [4.78, 5) is 10.9. The number of hydrogen-bond donors (Lipinski definition) is 3. The summed E-state index contributed by atoms with van der Waals surface area (Å²) >= 11 is 0. The number of nitrogens with one attached hydrogen (secondary N) is 2. The molecule has 0 radical (unpaired) electrons. The molecule has 2 rings (SSSR count). The Kier molecular flexibility index (Phi) is 4.74. The van der Waals surface area contributed by atoms with Crippen LogP contribution in [0.5, 0.6) is 0 Å². The van der Waals surface area contributed by atoms with Gasteiger partial charge in [0.1, 0.15) is 0 Å². The third kappa shape index (κ3) is 4.10. The molecule has 0 unspecified atom stereocenters. The van der Waals surface area contributed by atoms with Gasteiger partial charge in [0.2, 0.25) is 5.91 Å². The Morgan fingerprint density at radius 1 is 0.950 bits per heavy atom. The summed E-state index contributed by atoms with van der Waals surface area (Å²) in [5.41, 5.74) is 3.84. The molecule has 0 aliphatic carbocycles. The molecule has 0 bridgehead atoms. The van der Waals surface area contributed by atoms with Gasteiger partial charge in [-0.1, -0.05) is 24.3 Å². The second-order valence-corrected chi connectivity index (χ2v) is 4.59. The van der Waals surface area contributed by atoms with Crippen molar-refractivity contribution in [2.24, 2.45) is 0 Å². The zero-order valence-electron chi connectivity index (χ0n) is 11.4. The molecular weight excluding hydrogens is 252 g/mol. The molecule has 4 heteroatoms. The van der Waals surface area contributed by atoms with E-state index in [-0.39, 0.29) is 12.5 Å². The fraction of sp³-hybridized carbons (Fsp3) is 0.188. The Hall–Kier alpha value is -2.33. The number of hydrogen-bond acceptors (Lipinski definition) is 3. The van der Waals surface area contributed by atoms with Crippen LogP contribution in [0.2, 0.25) is 0 Å². The lowest BCUT2D eigenvalue weighted by molar-refractivity contribution is -0.114. The van der Waals surface area contributed by atoms with E-state index in [0.717, 1.165) is 22.5 Å². The van der Waals surface area contributed by atoms with Crippen molar-refractivity contribution in [2.75, 3.05) is 10.6 Å². The van der Waals surface area contributed by atoms with Crippen molar-refractivity contribution in [1.82, 2.24) is 0 Å². The van der Waals surface area contributed by atoms with Crippen LogP contribution in [0.25, 0.3) is 0 Å². The first kappa shape index (κ1) is 14.1. The lowest BCUT2D eigenvalue weighted by Crippen LogP contribution is -2.05. The van der Waals surface area contributed by atoms with Gasteiger partial charge in [-0.05, 0) is 35.4 Å². The molecule has 0 aliphatic heterocycles. The van der Waals surface area contributed by atoms with Crippen LogP contribution in [0.1, 0.15) is 18.1 Å². The van der Waals surface area contributed by atoms with Crippen molar-refractivity contribution in [3.63, 3.8) is 0 Å². The summed E-state index contributed by atoms with van der Waals surface area (Å²) < 4.78 is 0. The predicted octanol–water partition coefficient (Wildman–Crippen LogP) is 2.75. The zero-order chi connectivity index (χ0) is 14.4. The highest BCUT2D eigenvalue weighted by Crippen LogP contribution is 2.14. The first-order valence-corrected chi connectivity index (χ1v) is 6.47. The maximum absolute atomic E-state index is 10.9. The van der Waals surface area contributed by atoms with Crippen molar-refractivity contribution in [3.05, 3.63) is 59.7 Å². The molecule has 3 N–H and O–H groups in total. The van der Waals surface area contributed by atoms with Crippen LogP contribution in [-0.4, -0.2) is 11.0 Å². The van der Waals surface area contributed by atoms with Gasteiger partial charge in [0, 0.05) is 24.8 Å². The molecule has 0 atom stereocenters. The van der Waals surface area contributed by atoms with E-state index >= 15 is 0 Å². The monoisotopic (exact) mass is 270 g/mol. The smallest absolute Gasteiger partial charge is 0.221 e. The van der Waals surface area contributed by atoms with Crippen molar-refractivity contribution < 1.29 is 9.90 Å². The number of carbonyl (C=O) groups excluding carboxylic acids is 1. The van der Waals surface area contributed by atoms with Crippen LogP contribution in [0, 0.1) is 0 Å². The standard InChI is InChI=1S/C16H18N2O2/c1-12(20)18-16-8-6-15(7-9-16)17-10-13-2-4-14(11-19)5-3-13/h2-9,17,19H,10-11H2,1H3,(H,18,20). The van der Waals surface area contributed by atoms with Crippen LogP contribution in [0.4, 0.5) is 11.4 Å². The minimum absolute atomic E-state index is 0.0678. The van der Waals surface area contributed by atoms with Gasteiger partial charge in [0.15, 0.2) is 0 Å². The summed E-state index contributed by atoms with van der Waals surface area (Å²) in [5.74, 6) is -0.0744. The summed E-state index contributed by atoms with van der Waals surface area (Å²) in [6, 6.07) is 15.4. The summed E-state index contributed by atoms with van der Waals surface area (Å²) in [7, 11) is 0. The molecule has 0 heterocycles. The maximum atomic E-state index is 10.9. The molecule has 2 aromatic carbocycles. The number of rotatable bonds is 5. The van der Waals surface area contributed by atoms with Gasteiger partial charge in [-0.2, -0.15) is 0 Å². The highest BCUT2D eigenvalue weighted by molar-refractivity contribution is 5.88. The third-order valence-electron chi connectivity index (χ3n) is 2.91. The quantitative estimate of drug-likeness (QED) is 0.783. The van der Waals surface area contributed by atoms with Gasteiger partial charge in [-0.3, -0.25) is 4.79 Å². The average molecular weight is 270 g/mol. The number of aliphatic hydroxyl groups excluding tert-OH is 1. The van der Waals surface area contributed by atoms with Crippen molar-refractivity contribution in [1.29, 1.82) is 0 Å². The molecule has 2 aromatic rings. The normalized spacial score (nSPS) is 10.1. The molecule has 0 aliphatic rings. The fourth-order valence-electron chi connectivity index (χ4n) is 1.84. The maximum Gasteiger partial charge on any atom is 0.221 e.